The third-order valence-electron chi connectivity index (χ3n) is 3.16. The number of phenolic OH excluding ortho intramolecular Hbond substituents is 1. The van der Waals surface area contributed by atoms with Crippen molar-refractivity contribution >= 4 is 11.6 Å². The van der Waals surface area contributed by atoms with Crippen molar-refractivity contribution < 1.29 is 5.11 Å². The highest BCUT2D eigenvalue weighted by Gasteiger charge is 2.10. The molecule has 1 aromatic carbocycles. The van der Waals surface area contributed by atoms with E-state index in [2.05, 4.69) is 10.1 Å². The molecule has 2 aromatic heterocycles. The first-order valence-corrected chi connectivity index (χ1v) is 5.98. The van der Waals surface area contributed by atoms with Crippen molar-refractivity contribution in [1.82, 2.24) is 14.6 Å². The van der Waals surface area contributed by atoms with Crippen LogP contribution >= 0.6 is 0 Å². The lowest BCUT2D eigenvalue weighted by molar-refractivity contribution is 0.467. The SMILES string of the molecule is Cc1cc(-c2cccc3nc(N)nn23)cc(C)c1O. The van der Waals surface area contributed by atoms with E-state index >= 15 is 0 Å². The number of nitrogens with zero attached hydrogens (tertiary/aromatic N) is 3. The zero-order valence-electron chi connectivity index (χ0n) is 10.8. The fourth-order valence-electron chi connectivity index (χ4n) is 2.24. The molecular formula is C14H14N4O. The maximum Gasteiger partial charge on any atom is 0.240 e. The lowest BCUT2D eigenvalue weighted by atomic mass is 10.0. The minimum Gasteiger partial charge on any atom is -0.507 e. The van der Waals surface area contributed by atoms with Gasteiger partial charge in [0.05, 0.1) is 5.69 Å². The lowest BCUT2D eigenvalue weighted by Gasteiger charge is -2.09. The Morgan fingerprint density at radius 1 is 1.16 bits per heavy atom. The van der Waals surface area contributed by atoms with Crippen LogP contribution in [0.25, 0.3) is 16.9 Å². The minimum absolute atomic E-state index is 0.250. The van der Waals surface area contributed by atoms with Gasteiger partial charge in [-0.3, -0.25) is 0 Å². The van der Waals surface area contributed by atoms with Crippen LogP contribution in [0.5, 0.6) is 5.75 Å². The van der Waals surface area contributed by atoms with Gasteiger partial charge in [0, 0.05) is 5.56 Å². The Kier molecular flexibility index (Phi) is 2.41. The van der Waals surface area contributed by atoms with Gasteiger partial charge in [0.25, 0.3) is 0 Å². The maximum atomic E-state index is 9.84. The lowest BCUT2D eigenvalue weighted by Crippen LogP contribution is -1.95. The number of aromatic nitrogens is 3. The molecule has 3 N–H and O–H groups in total. The highest BCUT2D eigenvalue weighted by atomic mass is 16.3. The molecule has 0 aliphatic heterocycles. The molecule has 0 bridgehead atoms. The topological polar surface area (TPSA) is 76.4 Å². The third-order valence-corrected chi connectivity index (χ3v) is 3.16. The van der Waals surface area contributed by atoms with Crippen LogP contribution < -0.4 is 5.73 Å². The number of aryl methyl sites for hydroxylation is 2. The monoisotopic (exact) mass is 254 g/mol. The standard InChI is InChI=1S/C14H14N4O/c1-8-6-10(7-9(2)13(8)19)11-4-3-5-12-16-14(15)17-18(11)12/h3-7,19H,1-2H3,(H2,15,17). The van der Waals surface area contributed by atoms with Crippen LogP contribution in [-0.2, 0) is 0 Å². The predicted octanol–water partition coefficient (Wildman–Crippen LogP) is 2.30. The Labute approximate surface area is 110 Å². The quantitative estimate of drug-likeness (QED) is 0.698. The van der Waals surface area contributed by atoms with Crippen molar-refractivity contribution in [2.75, 3.05) is 5.73 Å². The first kappa shape index (κ1) is 11.5. The van der Waals surface area contributed by atoms with Gasteiger partial charge < -0.3 is 10.8 Å². The third kappa shape index (κ3) is 1.79. The van der Waals surface area contributed by atoms with Crippen LogP contribution in [0.1, 0.15) is 11.1 Å². The van der Waals surface area contributed by atoms with E-state index in [1.807, 2.05) is 44.2 Å². The van der Waals surface area contributed by atoms with E-state index in [9.17, 15) is 5.11 Å². The summed E-state index contributed by atoms with van der Waals surface area (Å²) in [6.45, 7) is 3.75. The molecular weight excluding hydrogens is 240 g/mol. The van der Waals surface area contributed by atoms with Crippen LogP contribution in [0.3, 0.4) is 0 Å². The highest BCUT2D eigenvalue weighted by molar-refractivity contribution is 5.67. The van der Waals surface area contributed by atoms with E-state index in [4.69, 9.17) is 5.73 Å². The number of hydrogen-bond donors (Lipinski definition) is 2. The van der Waals surface area contributed by atoms with Gasteiger partial charge in [-0.25, -0.2) is 4.52 Å². The molecule has 0 unspecified atom stereocenters. The molecule has 96 valence electrons. The van der Waals surface area contributed by atoms with Crippen LogP contribution in [-0.4, -0.2) is 19.7 Å². The summed E-state index contributed by atoms with van der Waals surface area (Å²) in [5, 5.41) is 14.0. The summed E-state index contributed by atoms with van der Waals surface area (Å²) in [6, 6.07) is 9.57. The van der Waals surface area contributed by atoms with Crippen LogP contribution in [0.4, 0.5) is 5.95 Å². The molecule has 19 heavy (non-hydrogen) atoms. The Morgan fingerprint density at radius 3 is 2.53 bits per heavy atom. The second-order valence-corrected chi connectivity index (χ2v) is 4.61. The summed E-state index contributed by atoms with van der Waals surface area (Å²) in [6.07, 6.45) is 0. The van der Waals surface area contributed by atoms with Gasteiger partial charge in [0.2, 0.25) is 5.95 Å². The summed E-state index contributed by atoms with van der Waals surface area (Å²) in [7, 11) is 0. The van der Waals surface area contributed by atoms with Crippen molar-refractivity contribution in [2.45, 2.75) is 13.8 Å². The number of fused-ring (bicyclic) bond motifs is 1. The summed E-state index contributed by atoms with van der Waals surface area (Å²) < 4.78 is 1.71. The van der Waals surface area contributed by atoms with Crippen molar-refractivity contribution in [3.05, 3.63) is 41.5 Å². The average Bonchev–Trinajstić information content (AvgIpc) is 2.75. The molecule has 3 rings (SSSR count). The van der Waals surface area contributed by atoms with Gasteiger partial charge >= 0.3 is 0 Å². The second-order valence-electron chi connectivity index (χ2n) is 4.61. The first-order chi connectivity index (χ1) is 9.06. The summed E-state index contributed by atoms with van der Waals surface area (Å²) in [5.41, 5.74) is 9.88. The maximum absolute atomic E-state index is 9.84. The second kappa shape index (κ2) is 3.98. The molecule has 0 fully saturated rings. The average molecular weight is 254 g/mol. The smallest absolute Gasteiger partial charge is 0.240 e. The number of nitrogens with two attached hydrogens (primary N) is 1. The molecule has 5 heteroatoms. The number of nitrogen functional groups attached to an aromatic ring is 1. The molecule has 0 spiro atoms. The largest absolute Gasteiger partial charge is 0.507 e. The molecule has 0 saturated carbocycles. The number of rotatable bonds is 1. The van der Waals surface area contributed by atoms with E-state index in [-0.39, 0.29) is 5.95 Å². The van der Waals surface area contributed by atoms with Crippen molar-refractivity contribution in [2.24, 2.45) is 0 Å². The highest BCUT2D eigenvalue weighted by Crippen LogP contribution is 2.29. The van der Waals surface area contributed by atoms with E-state index < -0.39 is 0 Å². The van der Waals surface area contributed by atoms with Crippen molar-refractivity contribution in [1.29, 1.82) is 0 Å². The minimum atomic E-state index is 0.250. The molecule has 0 radical (unpaired) electrons. The number of benzene rings is 1. The van der Waals surface area contributed by atoms with Crippen LogP contribution in [0, 0.1) is 13.8 Å². The number of pyridine rings is 1. The van der Waals surface area contributed by atoms with Gasteiger partial charge in [-0.1, -0.05) is 6.07 Å². The van der Waals surface area contributed by atoms with Gasteiger partial charge in [-0.05, 0) is 49.2 Å². The zero-order chi connectivity index (χ0) is 13.6. The van der Waals surface area contributed by atoms with Gasteiger partial charge in [0.1, 0.15) is 5.75 Å². The Morgan fingerprint density at radius 2 is 1.84 bits per heavy atom. The van der Waals surface area contributed by atoms with Crippen molar-refractivity contribution in [3.8, 4) is 17.0 Å². The summed E-state index contributed by atoms with van der Waals surface area (Å²) in [4.78, 5) is 4.14. The number of aromatic hydroxyl groups is 1. The molecule has 0 saturated heterocycles. The number of hydrogen-bond acceptors (Lipinski definition) is 4. The Bertz CT molecular complexity index is 753. The van der Waals surface area contributed by atoms with Gasteiger partial charge in [-0.15, -0.1) is 5.10 Å². The number of anilines is 1. The van der Waals surface area contributed by atoms with Gasteiger partial charge in [-0.2, -0.15) is 4.98 Å². The fraction of sp³-hybridized carbons (Fsp3) is 0.143. The van der Waals surface area contributed by atoms with Crippen molar-refractivity contribution in [3.63, 3.8) is 0 Å². The Hall–Kier alpha value is -2.56. The molecule has 5 nitrogen and oxygen atoms in total. The first-order valence-electron chi connectivity index (χ1n) is 5.98. The molecule has 2 heterocycles. The fourth-order valence-corrected chi connectivity index (χ4v) is 2.24. The van der Waals surface area contributed by atoms with Crippen LogP contribution in [0.2, 0.25) is 0 Å². The summed E-state index contributed by atoms with van der Waals surface area (Å²) in [5.74, 6) is 0.578. The normalized spacial score (nSPS) is 11.1. The van der Waals surface area contributed by atoms with E-state index in [0.717, 1.165) is 22.4 Å². The van der Waals surface area contributed by atoms with E-state index in [1.54, 1.807) is 4.52 Å². The van der Waals surface area contributed by atoms with Gasteiger partial charge in [0.15, 0.2) is 5.65 Å². The van der Waals surface area contributed by atoms with Crippen LogP contribution in [0.15, 0.2) is 30.3 Å². The van der Waals surface area contributed by atoms with E-state index in [1.165, 1.54) is 0 Å². The zero-order valence-corrected chi connectivity index (χ0v) is 10.8. The molecule has 0 aliphatic carbocycles. The molecule has 0 aliphatic rings. The molecule has 0 atom stereocenters. The Balaban J connectivity index is 2.30. The number of phenols is 1. The predicted molar refractivity (Wildman–Crippen MR) is 74.0 cm³/mol. The molecule has 3 aromatic rings. The summed E-state index contributed by atoms with van der Waals surface area (Å²) >= 11 is 0. The van der Waals surface area contributed by atoms with E-state index in [0.29, 0.717) is 11.4 Å². The molecule has 0 amide bonds.